The van der Waals surface area contributed by atoms with Crippen molar-refractivity contribution in [2.45, 2.75) is 25.9 Å². The minimum absolute atomic E-state index is 0.0315. The molecule has 2 rings (SSSR count). The van der Waals surface area contributed by atoms with Gasteiger partial charge in [0.15, 0.2) is 0 Å². The van der Waals surface area contributed by atoms with Gasteiger partial charge in [-0.15, -0.1) is 0 Å². The molecule has 2 aromatic carbocycles. The Balaban J connectivity index is 1.99. The highest BCUT2D eigenvalue weighted by Gasteiger charge is 2.13. The van der Waals surface area contributed by atoms with Gasteiger partial charge in [0.1, 0.15) is 17.5 Å². The molecule has 1 atom stereocenters. The van der Waals surface area contributed by atoms with Crippen LogP contribution in [0.3, 0.4) is 0 Å². The van der Waals surface area contributed by atoms with E-state index >= 15 is 0 Å². The number of hydrogen-bond donors (Lipinski definition) is 1. The van der Waals surface area contributed by atoms with Crippen molar-refractivity contribution in [1.29, 1.82) is 0 Å². The van der Waals surface area contributed by atoms with E-state index in [4.69, 9.17) is 11.6 Å². The molecule has 1 nitrogen and oxygen atoms in total. The number of benzene rings is 2. The van der Waals surface area contributed by atoms with Gasteiger partial charge in [0, 0.05) is 28.7 Å². The summed E-state index contributed by atoms with van der Waals surface area (Å²) in [5.74, 6) is -1.51. The summed E-state index contributed by atoms with van der Waals surface area (Å²) >= 11 is 5.81. The van der Waals surface area contributed by atoms with Crippen LogP contribution < -0.4 is 5.32 Å². The molecule has 5 heteroatoms. The van der Waals surface area contributed by atoms with Gasteiger partial charge in [0.05, 0.1) is 0 Å². The van der Waals surface area contributed by atoms with Crippen molar-refractivity contribution in [3.63, 3.8) is 0 Å². The average molecular weight is 314 g/mol. The van der Waals surface area contributed by atoms with E-state index in [9.17, 15) is 13.2 Å². The molecule has 0 heterocycles. The lowest BCUT2D eigenvalue weighted by Gasteiger charge is -2.15. The maximum Gasteiger partial charge on any atom is 0.129 e. The molecule has 21 heavy (non-hydrogen) atoms. The maximum absolute atomic E-state index is 13.6. The molecule has 0 saturated heterocycles. The molecule has 0 aromatic heterocycles. The Hall–Kier alpha value is -1.52. The standard InChI is InChI=1S/C16H15ClF3N/c1-10(7-13-15(19)3-2-4-16(13)20)21-9-11-8-12(17)5-6-14(11)18/h2-6,8,10,21H,7,9H2,1H3. The van der Waals surface area contributed by atoms with Gasteiger partial charge in [0.2, 0.25) is 0 Å². The van der Waals surface area contributed by atoms with Crippen molar-refractivity contribution in [1.82, 2.24) is 5.32 Å². The highest BCUT2D eigenvalue weighted by Crippen LogP contribution is 2.16. The predicted molar refractivity (Wildman–Crippen MR) is 77.8 cm³/mol. The zero-order valence-electron chi connectivity index (χ0n) is 11.5. The first kappa shape index (κ1) is 15.9. The smallest absolute Gasteiger partial charge is 0.129 e. The Morgan fingerprint density at radius 3 is 2.38 bits per heavy atom. The Kier molecular flexibility index (Phi) is 5.26. The third kappa shape index (κ3) is 4.22. The molecule has 0 aliphatic heterocycles. The van der Waals surface area contributed by atoms with Gasteiger partial charge in [0.25, 0.3) is 0 Å². The first-order valence-corrected chi connectivity index (χ1v) is 6.95. The summed E-state index contributed by atoms with van der Waals surface area (Å²) in [7, 11) is 0. The van der Waals surface area contributed by atoms with Gasteiger partial charge >= 0.3 is 0 Å². The third-order valence-corrected chi connectivity index (χ3v) is 3.46. The van der Waals surface area contributed by atoms with Gasteiger partial charge < -0.3 is 5.32 Å². The van der Waals surface area contributed by atoms with E-state index in [1.54, 1.807) is 6.92 Å². The van der Waals surface area contributed by atoms with Crippen LogP contribution in [0.2, 0.25) is 5.02 Å². The zero-order chi connectivity index (χ0) is 15.4. The lowest BCUT2D eigenvalue weighted by molar-refractivity contribution is 0.492. The normalized spacial score (nSPS) is 12.4. The maximum atomic E-state index is 13.6. The fourth-order valence-electron chi connectivity index (χ4n) is 2.07. The summed E-state index contributed by atoms with van der Waals surface area (Å²) in [6.07, 6.45) is 0.181. The molecule has 2 aromatic rings. The molecule has 0 saturated carbocycles. The Morgan fingerprint density at radius 1 is 1.05 bits per heavy atom. The third-order valence-electron chi connectivity index (χ3n) is 3.22. The zero-order valence-corrected chi connectivity index (χ0v) is 12.2. The van der Waals surface area contributed by atoms with E-state index in [1.807, 2.05) is 0 Å². The van der Waals surface area contributed by atoms with Crippen LogP contribution in [0.25, 0.3) is 0 Å². The Morgan fingerprint density at radius 2 is 1.71 bits per heavy atom. The van der Waals surface area contributed by atoms with E-state index in [2.05, 4.69) is 5.32 Å². The summed E-state index contributed by atoms with van der Waals surface area (Å²) in [5, 5.41) is 3.48. The summed E-state index contributed by atoms with van der Waals surface area (Å²) in [5.41, 5.74) is 0.451. The first-order chi connectivity index (χ1) is 9.97. The van der Waals surface area contributed by atoms with Crippen LogP contribution in [0.1, 0.15) is 18.1 Å². The van der Waals surface area contributed by atoms with Crippen LogP contribution >= 0.6 is 11.6 Å². The fraction of sp³-hybridized carbons (Fsp3) is 0.250. The molecule has 1 N–H and O–H groups in total. The minimum Gasteiger partial charge on any atom is -0.310 e. The highest BCUT2D eigenvalue weighted by molar-refractivity contribution is 6.30. The minimum atomic E-state index is -0.572. The largest absolute Gasteiger partial charge is 0.310 e. The van der Waals surface area contributed by atoms with Gasteiger partial charge in [-0.3, -0.25) is 0 Å². The van der Waals surface area contributed by atoms with Crippen molar-refractivity contribution in [3.8, 4) is 0 Å². The SMILES string of the molecule is CC(Cc1c(F)cccc1F)NCc1cc(Cl)ccc1F. The van der Waals surface area contributed by atoms with Crippen LogP contribution in [0, 0.1) is 17.5 Å². The molecule has 0 aliphatic carbocycles. The van der Waals surface area contributed by atoms with Gasteiger partial charge in [-0.2, -0.15) is 0 Å². The lowest BCUT2D eigenvalue weighted by Crippen LogP contribution is -2.28. The monoisotopic (exact) mass is 313 g/mol. The molecule has 0 amide bonds. The Labute approximate surface area is 126 Å². The topological polar surface area (TPSA) is 12.0 Å². The van der Waals surface area contributed by atoms with Crippen LogP contribution in [-0.4, -0.2) is 6.04 Å². The predicted octanol–water partition coefficient (Wildman–Crippen LogP) is 4.48. The van der Waals surface area contributed by atoms with Crippen LogP contribution in [0.5, 0.6) is 0 Å². The second kappa shape index (κ2) is 6.96. The van der Waals surface area contributed by atoms with E-state index in [-0.39, 0.29) is 30.4 Å². The number of halogens is 4. The van der Waals surface area contributed by atoms with E-state index in [1.165, 1.54) is 36.4 Å². The van der Waals surface area contributed by atoms with E-state index in [0.29, 0.717) is 10.6 Å². The second-order valence-electron chi connectivity index (χ2n) is 4.92. The van der Waals surface area contributed by atoms with Crippen LogP contribution in [0.15, 0.2) is 36.4 Å². The average Bonchev–Trinajstić information content (AvgIpc) is 2.44. The summed E-state index contributed by atoms with van der Waals surface area (Å²) in [6, 6.07) is 7.85. The van der Waals surface area contributed by atoms with Crippen molar-refractivity contribution < 1.29 is 13.2 Å². The van der Waals surface area contributed by atoms with Crippen molar-refractivity contribution in [2.24, 2.45) is 0 Å². The number of rotatable bonds is 5. The highest BCUT2D eigenvalue weighted by atomic mass is 35.5. The summed E-state index contributed by atoms with van der Waals surface area (Å²) in [4.78, 5) is 0. The molecule has 0 spiro atoms. The molecule has 1 unspecified atom stereocenters. The van der Waals surface area contributed by atoms with Crippen molar-refractivity contribution in [3.05, 3.63) is 70.0 Å². The molecule has 112 valence electrons. The quantitative estimate of drug-likeness (QED) is 0.858. The Bertz CT molecular complexity index is 611. The molecular formula is C16H15ClF3N. The fourth-order valence-corrected chi connectivity index (χ4v) is 2.26. The van der Waals surface area contributed by atoms with Crippen LogP contribution in [-0.2, 0) is 13.0 Å². The van der Waals surface area contributed by atoms with Gasteiger partial charge in [-0.05, 0) is 43.7 Å². The van der Waals surface area contributed by atoms with E-state index in [0.717, 1.165) is 0 Å². The number of hydrogen-bond acceptors (Lipinski definition) is 1. The molecular weight excluding hydrogens is 299 g/mol. The molecule has 0 aliphatic rings. The lowest BCUT2D eigenvalue weighted by atomic mass is 10.1. The second-order valence-corrected chi connectivity index (χ2v) is 5.36. The summed E-state index contributed by atoms with van der Waals surface area (Å²) in [6.45, 7) is 2.03. The molecule has 0 fully saturated rings. The van der Waals surface area contributed by atoms with Gasteiger partial charge in [-0.1, -0.05) is 17.7 Å². The van der Waals surface area contributed by atoms with E-state index < -0.39 is 11.6 Å². The summed E-state index contributed by atoms with van der Waals surface area (Å²) < 4.78 is 40.6. The van der Waals surface area contributed by atoms with Crippen LogP contribution in [0.4, 0.5) is 13.2 Å². The first-order valence-electron chi connectivity index (χ1n) is 6.57. The van der Waals surface area contributed by atoms with Gasteiger partial charge in [-0.25, -0.2) is 13.2 Å². The van der Waals surface area contributed by atoms with Crippen molar-refractivity contribution >= 4 is 11.6 Å². The molecule has 0 radical (unpaired) electrons. The number of nitrogens with one attached hydrogen (secondary N) is 1. The molecule has 0 bridgehead atoms. The van der Waals surface area contributed by atoms with Crippen molar-refractivity contribution in [2.75, 3.05) is 0 Å².